The van der Waals surface area contributed by atoms with Crippen LogP contribution in [-0.4, -0.2) is 35.8 Å². The lowest BCUT2D eigenvalue weighted by atomic mass is 9.91. The van der Waals surface area contributed by atoms with Gasteiger partial charge in [-0.1, -0.05) is 29.8 Å². The maximum Gasteiger partial charge on any atom is 0.337 e. The van der Waals surface area contributed by atoms with E-state index in [1.165, 1.54) is 11.3 Å². The molecule has 1 atom stereocenters. The number of carboxylic acids is 1. The summed E-state index contributed by atoms with van der Waals surface area (Å²) in [6.45, 7) is 7.44. The highest BCUT2D eigenvalue weighted by atomic mass is 35.5. The predicted octanol–water partition coefficient (Wildman–Crippen LogP) is 7.79. The minimum absolute atomic E-state index is 0.0856. The number of benzene rings is 3. The molecule has 0 saturated heterocycles. The van der Waals surface area contributed by atoms with Gasteiger partial charge in [0.25, 0.3) is 0 Å². The van der Waals surface area contributed by atoms with Gasteiger partial charge in [0.15, 0.2) is 6.10 Å². The Bertz CT molecular complexity index is 2140. The predicted molar refractivity (Wildman–Crippen MR) is 176 cm³/mol. The molecule has 0 radical (unpaired) electrons. The Morgan fingerprint density at radius 3 is 2.32 bits per heavy atom. The average molecular weight is 627 g/mol. The first kappa shape index (κ1) is 29.7. The van der Waals surface area contributed by atoms with Crippen LogP contribution < -0.4 is 5.69 Å². The second kappa shape index (κ2) is 11.0. The Labute approximate surface area is 263 Å². The van der Waals surface area contributed by atoms with Gasteiger partial charge in [-0.05, 0) is 81.3 Å². The molecule has 6 rings (SSSR count). The van der Waals surface area contributed by atoms with Gasteiger partial charge in [0, 0.05) is 47.6 Å². The maximum absolute atomic E-state index is 12.6. The smallest absolute Gasteiger partial charge is 0.337 e. The molecule has 0 aliphatic heterocycles. The van der Waals surface area contributed by atoms with Gasteiger partial charge in [0.2, 0.25) is 0 Å². The van der Waals surface area contributed by atoms with Gasteiger partial charge in [0.1, 0.15) is 5.01 Å². The Kier molecular flexibility index (Phi) is 7.44. The first-order valence-electron chi connectivity index (χ1n) is 14.1. The molecule has 0 bridgehead atoms. The maximum atomic E-state index is 12.6. The van der Waals surface area contributed by atoms with Crippen LogP contribution in [-0.2, 0) is 23.6 Å². The molecule has 1 unspecified atom stereocenters. The van der Waals surface area contributed by atoms with Crippen LogP contribution in [0.5, 0.6) is 0 Å². The van der Waals surface area contributed by atoms with Crippen molar-refractivity contribution in [3.63, 3.8) is 0 Å². The number of carbonyl (C=O) groups is 1. The second-order valence-corrected chi connectivity index (χ2v) is 13.3. The number of pyridine rings is 1. The quantitative estimate of drug-likeness (QED) is 0.203. The summed E-state index contributed by atoms with van der Waals surface area (Å²) in [6.07, 6.45) is 0.561. The summed E-state index contributed by atoms with van der Waals surface area (Å²) in [6, 6.07) is 19.1. The zero-order valence-electron chi connectivity index (χ0n) is 25.2. The number of hydrogen-bond donors (Lipinski definition) is 1. The molecule has 8 nitrogen and oxygen atoms in total. The molecular formula is C34H31ClN4O4S. The number of rotatable bonds is 6. The Hall–Kier alpha value is -4.31. The minimum atomic E-state index is -1.19. The molecule has 0 aliphatic carbocycles. The van der Waals surface area contributed by atoms with Crippen molar-refractivity contribution < 1.29 is 14.6 Å². The fourth-order valence-electron chi connectivity index (χ4n) is 5.55. The van der Waals surface area contributed by atoms with Crippen LogP contribution in [0.1, 0.15) is 38.0 Å². The van der Waals surface area contributed by atoms with E-state index in [4.69, 9.17) is 21.3 Å². The number of imidazole rings is 1. The molecular weight excluding hydrogens is 596 g/mol. The molecule has 224 valence electrons. The van der Waals surface area contributed by atoms with E-state index in [1.807, 2.05) is 76.2 Å². The van der Waals surface area contributed by atoms with E-state index in [9.17, 15) is 14.7 Å². The van der Waals surface area contributed by atoms with Crippen molar-refractivity contribution in [2.75, 3.05) is 0 Å². The van der Waals surface area contributed by atoms with Crippen molar-refractivity contribution in [2.24, 2.45) is 14.1 Å². The number of carboxylic acid groups (broad SMARTS) is 1. The lowest BCUT2D eigenvalue weighted by Crippen LogP contribution is -2.28. The second-order valence-electron chi connectivity index (χ2n) is 11.8. The highest BCUT2D eigenvalue weighted by Gasteiger charge is 2.32. The van der Waals surface area contributed by atoms with E-state index in [-0.39, 0.29) is 5.69 Å². The number of nitrogens with zero attached hydrogens (tertiary/aromatic N) is 4. The molecule has 0 aliphatic rings. The van der Waals surface area contributed by atoms with E-state index < -0.39 is 17.7 Å². The summed E-state index contributed by atoms with van der Waals surface area (Å²) in [5.41, 5.74) is 7.11. The van der Waals surface area contributed by atoms with Crippen molar-refractivity contribution in [2.45, 2.75) is 39.4 Å². The van der Waals surface area contributed by atoms with Gasteiger partial charge in [-0.15, -0.1) is 11.3 Å². The van der Waals surface area contributed by atoms with Crippen molar-refractivity contribution in [1.29, 1.82) is 0 Å². The molecule has 0 fully saturated rings. The highest BCUT2D eigenvalue weighted by molar-refractivity contribution is 7.22. The third kappa shape index (κ3) is 5.32. The van der Waals surface area contributed by atoms with Crippen LogP contribution in [0.15, 0.2) is 71.7 Å². The van der Waals surface area contributed by atoms with Crippen molar-refractivity contribution >= 4 is 50.2 Å². The molecule has 1 N–H and O–H groups in total. The third-order valence-electron chi connectivity index (χ3n) is 7.59. The minimum Gasteiger partial charge on any atom is -0.479 e. The number of aliphatic carboxylic acids is 1. The molecule has 6 aromatic rings. The van der Waals surface area contributed by atoms with Crippen LogP contribution in [0, 0.1) is 6.92 Å². The largest absolute Gasteiger partial charge is 0.479 e. The van der Waals surface area contributed by atoms with Gasteiger partial charge in [-0.3, -0.25) is 14.1 Å². The van der Waals surface area contributed by atoms with Gasteiger partial charge in [0.05, 0.1) is 32.5 Å². The van der Waals surface area contributed by atoms with Gasteiger partial charge >= 0.3 is 11.7 Å². The Morgan fingerprint density at radius 2 is 1.64 bits per heavy atom. The lowest BCUT2D eigenvalue weighted by molar-refractivity contribution is -0.160. The fourth-order valence-corrected chi connectivity index (χ4v) is 6.80. The zero-order valence-corrected chi connectivity index (χ0v) is 26.7. The number of fused-ring (bicyclic) bond motifs is 2. The van der Waals surface area contributed by atoms with Crippen LogP contribution in [0.4, 0.5) is 0 Å². The Balaban J connectivity index is 1.53. The normalized spacial score (nSPS) is 12.7. The number of thiazole rings is 1. The first-order chi connectivity index (χ1) is 20.8. The van der Waals surface area contributed by atoms with Gasteiger partial charge < -0.3 is 9.84 Å². The van der Waals surface area contributed by atoms with E-state index >= 15 is 0 Å². The first-order valence-corrected chi connectivity index (χ1v) is 15.2. The third-order valence-corrected chi connectivity index (χ3v) is 8.98. The molecule has 0 saturated carbocycles. The molecule has 0 spiro atoms. The SMILES string of the molecule is Cc1cc2nc(-c3ccnc(-c4ccc5c(c4)n(C)c(=O)n5C)c3)sc2c(-c2ccc(Cl)cc2)c1C(OC(C)(C)C)C(=O)O. The van der Waals surface area contributed by atoms with E-state index in [0.29, 0.717) is 10.6 Å². The molecule has 44 heavy (non-hydrogen) atoms. The van der Waals surface area contributed by atoms with Crippen molar-refractivity contribution in [1.82, 2.24) is 19.1 Å². The molecule has 0 amide bonds. The summed E-state index contributed by atoms with van der Waals surface area (Å²) in [7, 11) is 3.52. The van der Waals surface area contributed by atoms with Crippen molar-refractivity contribution in [3.8, 4) is 33.0 Å². The number of halogens is 1. The topological polar surface area (TPSA) is 99.2 Å². The number of ether oxygens (including phenoxy) is 1. The van der Waals surface area contributed by atoms with Crippen LogP contribution in [0.25, 0.3) is 54.2 Å². The zero-order chi connectivity index (χ0) is 31.5. The summed E-state index contributed by atoms with van der Waals surface area (Å²) in [4.78, 5) is 34.7. The number of hydrogen-bond acceptors (Lipinski definition) is 6. The van der Waals surface area contributed by atoms with Gasteiger partial charge in [-0.25, -0.2) is 14.6 Å². The summed E-state index contributed by atoms with van der Waals surface area (Å²) < 4.78 is 10.2. The van der Waals surface area contributed by atoms with E-state index in [1.54, 1.807) is 41.6 Å². The van der Waals surface area contributed by atoms with Crippen LogP contribution in [0.2, 0.25) is 5.02 Å². The van der Waals surface area contributed by atoms with E-state index in [2.05, 4.69) is 4.98 Å². The summed E-state index contributed by atoms with van der Waals surface area (Å²) >= 11 is 7.73. The standard InChI is InChI=1S/C34H31ClN4O4S/c1-18-15-24-30(28(19-7-10-22(35)11-8-19)27(18)29(32(40)41)43-34(2,3)4)44-31(37-24)21-13-14-36-23(16-21)20-9-12-25-26(17-20)39(6)33(42)38(25)5/h7-17,29H,1-6H3,(H,40,41). The Morgan fingerprint density at radius 1 is 0.955 bits per heavy atom. The van der Waals surface area contributed by atoms with Gasteiger partial charge in [-0.2, -0.15) is 0 Å². The van der Waals surface area contributed by atoms with Crippen LogP contribution in [0.3, 0.4) is 0 Å². The molecule has 3 heterocycles. The summed E-state index contributed by atoms with van der Waals surface area (Å²) in [5, 5.41) is 11.7. The molecule has 3 aromatic heterocycles. The number of aromatic nitrogens is 4. The molecule has 3 aromatic carbocycles. The average Bonchev–Trinajstić information content (AvgIpc) is 3.50. The van der Waals surface area contributed by atoms with E-state index in [0.717, 1.165) is 59.8 Å². The summed E-state index contributed by atoms with van der Waals surface area (Å²) in [5.74, 6) is -1.06. The highest BCUT2D eigenvalue weighted by Crippen LogP contribution is 2.44. The van der Waals surface area contributed by atoms with Crippen molar-refractivity contribution in [3.05, 3.63) is 93.5 Å². The number of aryl methyl sites for hydroxylation is 3. The molecule has 10 heteroatoms. The monoisotopic (exact) mass is 626 g/mol. The fraction of sp³-hybridized carbons (Fsp3) is 0.235. The lowest BCUT2D eigenvalue weighted by Gasteiger charge is -2.28. The van der Waals surface area contributed by atoms with Crippen LogP contribution >= 0.6 is 22.9 Å².